The van der Waals surface area contributed by atoms with E-state index in [1.807, 2.05) is 51.2 Å². The number of amides is 2. The van der Waals surface area contributed by atoms with Crippen molar-refractivity contribution in [3.05, 3.63) is 77.9 Å². The molecule has 0 aliphatic heterocycles. The van der Waals surface area contributed by atoms with E-state index < -0.39 is 0 Å². The second-order valence-electron chi connectivity index (χ2n) is 7.19. The molecule has 3 aromatic rings. The summed E-state index contributed by atoms with van der Waals surface area (Å²) in [5, 5.41) is 10.2. The van der Waals surface area contributed by atoms with Crippen molar-refractivity contribution in [2.75, 3.05) is 0 Å². The Hall–Kier alpha value is -3.48. The normalized spacial score (nSPS) is 11.9. The molecule has 0 spiro atoms. The summed E-state index contributed by atoms with van der Waals surface area (Å²) in [6.45, 7) is 6.07. The molecule has 0 fully saturated rings. The number of aromatic nitrogens is 3. The molecular weight excluding hydrogens is 366 g/mol. The van der Waals surface area contributed by atoms with Gasteiger partial charge in [-0.15, -0.1) is 0 Å². The summed E-state index contributed by atoms with van der Waals surface area (Å²) in [6.07, 6.45) is 7.03. The number of pyridine rings is 1. The second kappa shape index (κ2) is 9.14. The number of benzene rings is 1. The number of rotatable bonds is 7. The lowest BCUT2D eigenvalue weighted by Crippen LogP contribution is -2.26. The number of nitrogens with zero attached hydrogens (tertiary/aromatic N) is 3. The first-order chi connectivity index (χ1) is 13.9. The Balaban J connectivity index is 1.61. The minimum atomic E-state index is -0.148. The van der Waals surface area contributed by atoms with Crippen molar-refractivity contribution < 1.29 is 9.59 Å². The summed E-state index contributed by atoms with van der Waals surface area (Å²) in [5.41, 5.74) is 3.27. The lowest BCUT2D eigenvalue weighted by molar-refractivity contribution is -0.124. The Labute approximate surface area is 170 Å². The van der Waals surface area contributed by atoms with Crippen molar-refractivity contribution >= 4 is 11.8 Å². The minimum absolute atomic E-state index is 0.00799. The van der Waals surface area contributed by atoms with Crippen molar-refractivity contribution in [2.24, 2.45) is 5.92 Å². The number of carbonyl (C=O) groups excluding carboxylic acids is 2. The predicted octanol–water partition coefficient (Wildman–Crippen LogP) is 3.03. The van der Waals surface area contributed by atoms with Gasteiger partial charge in [-0.05, 0) is 42.8 Å². The van der Waals surface area contributed by atoms with Gasteiger partial charge in [0, 0.05) is 42.2 Å². The molecule has 7 heteroatoms. The molecule has 3 rings (SSSR count). The van der Waals surface area contributed by atoms with Crippen LogP contribution in [0.1, 0.15) is 48.3 Å². The van der Waals surface area contributed by atoms with Crippen LogP contribution in [-0.4, -0.2) is 26.6 Å². The van der Waals surface area contributed by atoms with Gasteiger partial charge in [-0.3, -0.25) is 14.6 Å². The molecule has 1 aromatic carbocycles. The monoisotopic (exact) mass is 391 g/mol. The van der Waals surface area contributed by atoms with Gasteiger partial charge in [0.05, 0.1) is 17.9 Å². The maximum Gasteiger partial charge on any atom is 0.251 e. The van der Waals surface area contributed by atoms with Gasteiger partial charge in [0.2, 0.25) is 5.91 Å². The van der Waals surface area contributed by atoms with Crippen LogP contribution in [0.15, 0.2) is 61.2 Å². The minimum Gasteiger partial charge on any atom is -0.352 e. The van der Waals surface area contributed by atoms with E-state index in [-0.39, 0.29) is 23.8 Å². The van der Waals surface area contributed by atoms with Crippen LogP contribution in [-0.2, 0) is 11.3 Å². The molecule has 2 amide bonds. The molecule has 0 radical (unpaired) electrons. The predicted molar refractivity (Wildman–Crippen MR) is 110 cm³/mol. The van der Waals surface area contributed by atoms with Crippen LogP contribution in [0.25, 0.3) is 5.69 Å². The third-order valence-electron chi connectivity index (χ3n) is 4.55. The zero-order chi connectivity index (χ0) is 20.8. The third-order valence-corrected chi connectivity index (χ3v) is 4.55. The Kier molecular flexibility index (Phi) is 6.39. The Bertz CT molecular complexity index is 964. The van der Waals surface area contributed by atoms with E-state index in [2.05, 4.69) is 20.7 Å². The maximum absolute atomic E-state index is 12.5. The standard InChI is InChI=1S/C22H25N5O2/c1-15(2)21(28)24-11-17-12-25-27(14-17)20-8-6-18(7-9-20)22(29)26-16(3)19-5-4-10-23-13-19/h4-10,12-16H,11H2,1-3H3,(H,24,28)(H,26,29). The summed E-state index contributed by atoms with van der Waals surface area (Å²) in [4.78, 5) is 28.3. The summed E-state index contributed by atoms with van der Waals surface area (Å²) in [5.74, 6) is -0.191. The first-order valence-corrected chi connectivity index (χ1v) is 9.56. The van der Waals surface area contributed by atoms with E-state index in [9.17, 15) is 9.59 Å². The molecule has 2 N–H and O–H groups in total. The van der Waals surface area contributed by atoms with Crippen molar-refractivity contribution in [1.29, 1.82) is 0 Å². The molecule has 0 saturated carbocycles. The van der Waals surface area contributed by atoms with E-state index >= 15 is 0 Å². The van der Waals surface area contributed by atoms with E-state index in [4.69, 9.17) is 0 Å². The second-order valence-corrected chi connectivity index (χ2v) is 7.19. The highest BCUT2D eigenvalue weighted by Crippen LogP contribution is 2.14. The first-order valence-electron chi connectivity index (χ1n) is 9.56. The summed E-state index contributed by atoms with van der Waals surface area (Å²) >= 11 is 0. The smallest absolute Gasteiger partial charge is 0.251 e. The van der Waals surface area contributed by atoms with E-state index in [1.54, 1.807) is 35.4 Å². The van der Waals surface area contributed by atoms with Gasteiger partial charge in [-0.2, -0.15) is 5.10 Å². The first kappa shape index (κ1) is 20.3. The van der Waals surface area contributed by atoms with Crippen molar-refractivity contribution in [2.45, 2.75) is 33.4 Å². The van der Waals surface area contributed by atoms with Crippen molar-refractivity contribution in [1.82, 2.24) is 25.4 Å². The fourth-order valence-corrected chi connectivity index (χ4v) is 2.75. The van der Waals surface area contributed by atoms with Crippen LogP contribution < -0.4 is 10.6 Å². The zero-order valence-electron chi connectivity index (χ0n) is 16.8. The van der Waals surface area contributed by atoms with Gasteiger partial charge in [0.15, 0.2) is 0 Å². The van der Waals surface area contributed by atoms with Crippen LogP contribution >= 0.6 is 0 Å². The van der Waals surface area contributed by atoms with Gasteiger partial charge in [0.1, 0.15) is 0 Å². The lowest BCUT2D eigenvalue weighted by atomic mass is 10.1. The van der Waals surface area contributed by atoms with E-state index in [0.29, 0.717) is 12.1 Å². The molecule has 0 saturated heterocycles. The summed E-state index contributed by atoms with van der Waals surface area (Å²) in [6, 6.07) is 10.9. The van der Waals surface area contributed by atoms with Crippen LogP contribution in [0.5, 0.6) is 0 Å². The van der Waals surface area contributed by atoms with Gasteiger partial charge >= 0.3 is 0 Å². The van der Waals surface area contributed by atoms with Crippen LogP contribution in [0.3, 0.4) is 0 Å². The Morgan fingerprint density at radius 3 is 2.48 bits per heavy atom. The molecule has 7 nitrogen and oxygen atoms in total. The Morgan fingerprint density at radius 1 is 1.07 bits per heavy atom. The highest BCUT2D eigenvalue weighted by Gasteiger charge is 2.12. The largest absolute Gasteiger partial charge is 0.352 e. The van der Waals surface area contributed by atoms with E-state index in [1.165, 1.54) is 0 Å². The quantitative estimate of drug-likeness (QED) is 0.648. The molecule has 29 heavy (non-hydrogen) atoms. The van der Waals surface area contributed by atoms with Gasteiger partial charge < -0.3 is 10.6 Å². The zero-order valence-corrected chi connectivity index (χ0v) is 16.8. The lowest BCUT2D eigenvalue weighted by Gasteiger charge is -2.14. The molecule has 2 aromatic heterocycles. The molecular formula is C22H25N5O2. The number of carbonyl (C=O) groups is 2. The molecule has 0 aliphatic carbocycles. The molecule has 0 aliphatic rings. The van der Waals surface area contributed by atoms with Crippen molar-refractivity contribution in [3.8, 4) is 5.69 Å². The topological polar surface area (TPSA) is 88.9 Å². The molecule has 0 bridgehead atoms. The molecule has 1 atom stereocenters. The Morgan fingerprint density at radius 2 is 1.83 bits per heavy atom. The van der Waals surface area contributed by atoms with Gasteiger partial charge in [-0.1, -0.05) is 19.9 Å². The number of hydrogen-bond acceptors (Lipinski definition) is 4. The molecule has 2 heterocycles. The highest BCUT2D eigenvalue weighted by molar-refractivity contribution is 5.94. The molecule has 150 valence electrons. The van der Waals surface area contributed by atoms with E-state index in [0.717, 1.165) is 16.8 Å². The number of nitrogens with one attached hydrogen (secondary N) is 2. The number of hydrogen-bond donors (Lipinski definition) is 2. The van der Waals surface area contributed by atoms with Crippen LogP contribution in [0, 0.1) is 5.92 Å². The van der Waals surface area contributed by atoms with Gasteiger partial charge in [-0.25, -0.2) is 4.68 Å². The molecule has 1 unspecified atom stereocenters. The highest BCUT2D eigenvalue weighted by atomic mass is 16.2. The van der Waals surface area contributed by atoms with Crippen molar-refractivity contribution in [3.63, 3.8) is 0 Å². The average molecular weight is 391 g/mol. The fourth-order valence-electron chi connectivity index (χ4n) is 2.75. The SMILES string of the molecule is CC(C)C(=O)NCc1cnn(-c2ccc(C(=O)NC(C)c3cccnc3)cc2)c1. The maximum atomic E-state index is 12.5. The third kappa shape index (κ3) is 5.28. The fraction of sp³-hybridized carbons (Fsp3) is 0.273. The summed E-state index contributed by atoms with van der Waals surface area (Å²) in [7, 11) is 0. The van der Waals surface area contributed by atoms with Crippen LogP contribution in [0.4, 0.5) is 0 Å². The van der Waals surface area contributed by atoms with Gasteiger partial charge in [0.25, 0.3) is 5.91 Å². The summed E-state index contributed by atoms with van der Waals surface area (Å²) < 4.78 is 1.72. The average Bonchev–Trinajstić information content (AvgIpc) is 3.21. The van der Waals surface area contributed by atoms with Crippen LogP contribution in [0.2, 0.25) is 0 Å².